The summed E-state index contributed by atoms with van der Waals surface area (Å²) in [7, 11) is 3.12. The molecule has 0 atom stereocenters. The Bertz CT molecular complexity index is 694. The van der Waals surface area contributed by atoms with Gasteiger partial charge >= 0.3 is 0 Å². The first-order valence-electron chi connectivity index (χ1n) is 9.01. The number of carbonyl (C=O) groups excluding carboxylic acids is 2. The van der Waals surface area contributed by atoms with Gasteiger partial charge in [-0.3, -0.25) is 9.59 Å². The predicted molar refractivity (Wildman–Crippen MR) is 98.5 cm³/mol. The van der Waals surface area contributed by atoms with Gasteiger partial charge in [-0.1, -0.05) is 5.57 Å². The Morgan fingerprint density at radius 2 is 1.50 bits per heavy atom. The fourth-order valence-corrected chi connectivity index (χ4v) is 3.19. The van der Waals surface area contributed by atoms with Gasteiger partial charge in [0.25, 0.3) is 5.91 Å². The Labute approximate surface area is 154 Å². The predicted octanol–water partition coefficient (Wildman–Crippen LogP) is 2.34. The lowest BCUT2D eigenvalue weighted by atomic mass is 10.1. The molecule has 2 fully saturated rings. The monoisotopic (exact) mass is 358 g/mol. The van der Waals surface area contributed by atoms with Crippen LogP contribution in [0.15, 0.2) is 29.8 Å². The van der Waals surface area contributed by atoms with Gasteiger partial charge in [0.15, 0.2) is 0 Å². The average Bonchev–Trinajstić information content (AvgIpc) is 3.52. The smallest absolute Gasteiger partial charge is 0.254 e. The van der Waals surface area contributed by atoms with Crippen LogP contribution in [0.3, 0.4) is 0 Å². The molecule has 3 rings (SSSR count). The second kappa shape index (κ2) is 7.81. The number of hydrogen-bond acceptors (Lipinski definition) is 4. The molecule has 2 amide bonds. The van der Waals surface area contributed by atoms with Gasteiger partial charge in [-0.15, -0.1) is 0 Å². The van der Waals surface area contributed by atoms with E-state index in [0.717, 1.165) is 0 Å². The summed E-state index contributed by atoms with van der Waals surface area (Å²) in [6, 6.07) is 5.16. The highest BCUT2D eigenvalue weighted by Crippen LogP contribution is 2.36. The Kier molecular flexibility index (Phi) is 5.49. The number of carbonyl (C=O) groups is 2. The molecule has 1 aliphatic carbocycles. The second-order valence-electron chi connectivity index (χ2n) is 6.88. The highest BCUT2D eigenvalue weighted by Gasteiger charge is 2.27. The lowest BCUT2D eigenvalue weighted by Gasteiger charge is -2.34. The molecule has 1 aromatic carbocycles. The second-order valence-corrected chi connectivity index (χ2v) is 6.88. The van der Waals surface area contributed by atoms with Gasteiger partial charge in [-0.2, -0.15) is 0 Å². The van der Waals surface area contributed by atoms with Crippen LogP contribution in [-0.4, -0.2) is 62.0 Å². The van der Waals surface area contributed by atoms with E-state index >= 15 is 0 Å². The Balaban J connectivity index is 1.61. The van der Waals surface area contributed by atoms with Crippen LogP contribution in [0.2, 0.25) is 0 Å². The number of amides is 2. The summed E-state index contributed by atoms with van der Waals surface area (Å²) in [4.78, 5) is 28.7. The fourth-order valence-electron chi connectivity index (χ4n) is 3.19. The number of hydrogen-bond donors (Lipinski definition) is 0. The van der Waals surface area contributed by atoms with Crippen LogP contribution in [0.25, 0.3) is 0 Å². The van der Waals surface area contributed by atoms with E-state index < -0.39 is 0 Å². The molecule has 0 unspecified atom stereocenters. The lowest BCUT2D eigenvalue weighted by Crippen LogP contribution is -2.50. The minimum absolute atomic E-state index is 0.0598. The van der Waals surface area contributed by atoms with Crippen molar-refractivity contribution in [2.45, 2.75) is 19.8 Å². The van der Waals surface area contributed by atoms with Gasteiger partial charge in [-0.25, -0.2) is 0 Å². The van der Waals surface area contributed by atoms with E-state index in [2.05, 4.69) is 0 Å². The number of ether oxygens (including phenoxy) is 2. The van der Waals surface area contributed by atoms with Gasteiger partial charge < -0.3 is 19.3 Å². The zero-order valence-corrected chi connectivity index (χ0v) is 15.7. The number of allylic oxidation sites excluding steroid dienone is 1. The lowest BCUT2D eigenvalue weighted by molar-refractivity contribution is -0.127. The van der Waals surface area contributed by atoms with E-state index in [1.54, 1.807) is 43.4 Å². The van der Waals surface area contributed by atoms with Crippen LogP contribution in [-0.2, 0) is 4.79 Å². The summed E-state index contributed by atoms with van der Waals surface area (Å²) in [6.07, 6.45) is 4.16. The third-order valence-electron chi connectivity index (χ3n) is 5.05. The molecule has 1 saturated heterocycles. The Morgan fingerprint density at radius 1 is 0.962 bits per heavy atom. The van der Waals surface area contributed by atoms with Gasteiger partial charge in [0.2, 0.25) is 5.91 Å². The summed E-state index contributed by atoms with van der Waals surface area (Å²) in [5.74, 6) is 1.76. The van der Waals surface area contributed by atoms with Crippen molar-refractivity contribution in [3.63, 3.8) is 0 Å². The molecule has 6 heteroatoms. The van der Waals surface area contributed by atoms with E-state index in [1.165, 1.54) is 18.4 Å². The van der Waals surface area contributed by atoms with Crippen LogP contribution in [0.4, 0.5) is 0 Å². The average molecular weight is 358 g/mol. The maximum Gasteiger partial charge on any atom is 0.254 e. The zero-order valence-electron chi connectivity index (χ0n) is 15.7. The number of piperazine rings is 1. The maximum atomic E-state index is 12.8. The summed E-state index contributed by atoms with van der Waals surface area (Å²) < 4.78 is 10.5. The first kappa shape index (κ1) is 18.3. The zero-order chi connectivity index (χ0) is 18.7. The highest BCUT2D eigenvalue weighted by molar-refractivity contribution is 5.95. The fraction of sp³-hybridized carbons (Fsp3) is 0.500. The third-order valence-corrected chi connectivity index (χ3v) is 5.05. The molecular weight excluding hydrogens is 332 g/mol. The largest absolute Gasteiger partial charge is 0.497 e. The van der Waals surface area contributed by atoms with Crippen molar-refractivity contribution >= 4 is 11.8 Å². The van der Waals surface area contributed by atoms with E-state index in [1.807, 2.05) is 11.8 Å². The molecule has 6 nitrogen and oxygen atoms in total. The van der Waals surface area contributed by atoms with Crippen molar-refractivity contribution in [2.24, 2.45) is 5.92 Å². The third kappa shape index (κ3) is 4.18. The van der Waals surface area contributed by atoms with E-state index in [-0.39, 0.29) is 11.8 Å². The van der Waals surface area contributed by atoms with Crippen LogP contribution >= 0.6 is 0 Å². The highest BCUT2D eigenvalue weighted by atomic mass is 16.5. The molecule has 0 N–H and O–H groups in total. The molecule has 2 aliphatic rings. The minimum Gasteiger partial charge on any atom is -0.497 e. The van der Waals surface area contributed by atoms with Crippen LogP contribution in [0.5, 0.6) is 11.5 Å². The standard InChI is InChI=1S/C20H26N2O4/c1-14(15-4-5-15)10-19(23)21-6-8-22(9-7-21)20(24)16-11-17(25-2)13-18(12-16)26-3/h10-13,15H,4-9H2,1-3H3. The van der Waals surface area contributed by atoms with Gasteiger partial charge in [-0.05, 0) is 37.8 Å². The summed E-state index contributed by atoms with van der Waals surface area (Å²) in [5.41, 5.74) is 1.71. The molecule has 26 heavy (non-hydrogen) atoms. The number of nitrogens with zero attached hydrogens (tertiary/aromatic N) is 2. The molecule has 0 spiro atoms. The van der Waals surface area contributed by atoms with Gasteiger partial charge in [0.1, 0.15) is 11.5 Å². The molecule has 0 radical (unpaired) electrons. The first-order valence-corrected chi connectivity index (χ1v) is 9.01. The molecular formula is C20H26N2O4. The topological polar surface area (TPSA) is 59.1 Å². The van der Waals surface area contributed by atoms with Crippen molar-refractivity contribution in [1.29, 1.82) is 0 Å². The van der Waals surface area contributed by atoms with Crippen molar-refractivity contribution in [3.05, 3.63) is 35.4 Å². The van der Waals surface area contributed by atoms with Crippen LogP contribution in [0, 0.1) is 5.92 Å². The van der Waals surface area contributed by atoms with Crippen LogP contribution < -0.4 is 9.47 Å². The minimum atomic E-state index is -0.0704. The molecule has 0 aromatic heterocycles. The molecule has 1 aromatic rings. The Hall–Kier alpha value is -2.50. The number of benzene rings is 1. The van der Waals surface area contributed by atoms with Gasteiger partial charge in [0, 0.05) is 43.9 Å². The van der Waals surface area contributed by atoms with Gasteiger partial charge in [0.05, 0.1) is 14.2 Å². The Morgan fingerprint density at radius 3 is 2.00 bits per heavy atom. The molecule has 1 saturated carbocycles. The summed E-state index contributed by atoms with van der Waals surface area (Å²) >= 11 is 0. The first-order chi connectivity index (χ1) is 12.5. The van der Waals surface area contributed by atoms with E-state index in [9.17, 15) is 9.59 Å². The van der Waals surface area contributed by atoms with Crippen LogP contribution in [0.1, 0.15) is 30.1 Å². The van der Waals surface area contributed by atoms with Crippen molar-refractivity contribution < 1.29 is 19.1 Å². The molecule has 140 valence electrons. The maximum absolute atomic E-state index is 12.8. The van der Waals surface area contributed by atoms with E-state index in [0.29, 0.717) is 49.2 Å². The van der Waals surface area contributed by atoms with Crippen molar-refractivity contribution in [2.75, 3.05) is 40.4 Å². The molecule has 1 heterocycles. The quantitative estimate of drug-likeness (QED) is 0.758. The summed E-state index contributed by atoms with van der Waals surface area (Å²) in [6.45, 7) is 4.20. The van der Waals surface area contributed by atoms with E-state index in [4.69, 9.17) is 9.47 Å². The number of rotatable bonds is 5. The summed E-state index contributed by atoms with van der Waals surface area (Å²) in [5, 5.41) is 0. The number of methoxy groups -OCH3 is 2. The molecule has 0 bridgehead atoms. The van der Waals surface area contributed by atoms with Crippen molar-refractivity contribution in [1.82, 2.24) is 9.80 Å². The normalized spacial score (nSPS) is 17.9. The SMILES string of the molecule is COc1cc(OC)cc(C(=O)N2CCN(C(=O)C=C(C)C3CC3)CC2)c1. The van der Waals surface area contributed by atoms with Crippen molar-refractivity contribution in [3.8, 4) is 11.5 Å². The molecule has 1 aliphatic heterocycles.